The maximum Gasteiger partial charge on any atom is 0.240 e. The Kier molecular flexibility index (Phi) is 8.13. The summed E-state index contributed by atoms with van der Waals surface area (Å²) in [4.78, 5) is 52.7. The minimum atomic E-state index is -3.90. The van der Waals surface area contributed by atoms with Crippen molar-refractivity contribution in [1.29, 1.82) is 0 Å². The second kappa shape index (κ2) is 11.9. The number of rotatable bonds is 5. The van der Waals surface area contributed by atoms with Crippen molar-refractivity contribution in [2.24, 2.45) is 28.9 Å². The van der Waals surface area contributed by atoms with E-state index >= 15 is 0 Å². The number of imidazole rings is 1. The molecule has 4 heterocycles. The average molecular weight is 677 g/mol. The smallest absolute Gasteiger partial charge is 0.240 e. The van der Waals surface area contributed by atoms with Gasteiger partial charge in [-0.3, -0.25) is 23.5 Å². The van der Waals surface area contributed by atoms with Crippen LogP contribution in [0.5, 0.6) is 5.88 Å². The number of amides is 2. The van der Waals surface area contributed by atoms with Crippen molar-refractivity contribution in [3.63, 3.8) is 0 Å². The molecule has 0 spiro atoms. The standard InChI is InChI=1S/C35H44N6O6S/c1-21-8-4-5-9-23-18-35(23,32(44)39-48(45,46)34(3)12-13-34)19-28(42)27-17-24(20-41(27)31(43)29(36)22(2)16-21)47-30-25-10-6-7-11-26(25)40-15-14-37-33(40)38-30/h5-7,9-11,14-15,21-24,27,29H,4,8,12-13,16-20,36H2,1-3H3,(H,39,44)/b9-5-/t21?,22-,23-,24-,27+,29+,35-/m1/s1. The van der Waals surface area contributed by atoms with E-state index in [0.717, 1.165) is 30.2 Å². The van der Waals surface area contributed by atoms with Crippen molar-refractivity contribution in [3.05, 3.63) is 48.8 Å². The minimum Gasteiger partial charge on any atom is -0.472 e. The summed E-state index contributed by atoms with van der Waals surface area (Å²) in [6.45, 7) is 5.86. The number of fused-ring (bicyclic) bond motifs is 5. The number of nitrogens with one attached hydrogen (secondary N) is 1. The van der Waals surface area contributed by atoms with Crippen LogP contribution in [0.2, 0.25) is 0 Å². The Labute approximate surface area is 280 Å². The fraction of sp³-hybridized carbons (Fsp3) is 0.571. The summed E-state index contributed by atoms with van der Waals surface area (Å²) in [6, 6.07) is 5.94. The van der Waals surface area contributed by atoms with Crippen LogP contribution in [0.15, 0.2) is 48.8 Å². The lowest BCUT2D eigenvalue weighted by Crippen LogP contribution is -2.52. The fourth-order valence-electron chi connectivity index (χ4n) is 7.59. The number of carbonyl (C=O) groups is 3. The molecule has 7 rings (SSSR count). The Hall–Kier alpha value is -3.84. The van der Waals surface area contributed by atoms with E-state index in [2.05, 4.69) is 21.6 Å². The summed E-state index contributed by atoms with van der Waals surface area (Å²) in [7, 11) is -3.90. The largest absolute Gasteiger partial charge is 0.472 e. The van der Waals surface area contributed by atoms with Gasteiger partial charge in [-0.15, -0.1) is 0 Å². The molecule has 12 nitrogen and oxygen atoms in total. The molecular weight excluding hydrogens is 632 g/mol. The number of hydrogen-bond donors (Lipinski definition) is 2. The molecule has 0 radical (unpaired) electrons. The van der Waals surface area contributed by atoms with Gasteiger partial charge in [0, 0.05) is 25.2 Å². The van der Waals surface area contributed by atoms with Crippen LogP contribution < -0.4 is 15.2 Å². The normalized spacial score (nSPS) is 33.0. The monoisotopic (exact) mass is 676 g/mol. The molecule has 48 heavy (non-hydrogen) atoms. The molecule has 0 bridgehead atoms. The van der Waals surface area contributed by atoms with Gasteiger partial charge >= 0.3 is 0 Å². The molecule has 2 aliphatic heterocycles. The molecule has 1 unspecified atom stereocenters. The lowest BCUT2D eigenvalue weighted by Gasteiger charge is -2.30. The lowest BCUT2D eigenvalue weighted by molar-refractivity contribution is -0.140. The Morgan fingerprint density at radius 3 is 2.69 bits per heavy atom. The summed E-state index contributed by atoms with van der Waals surface area (Å²) >= 11 is 0. The van der Waals surface area contributed by atoms with Crippen molar-refractivity contribution in [3.8, 4) is 5.88 Å². The molecule has 7 atom stereocenters. The number of Topliss-reactive ketones (excluding diaryl/α,β-unsaturated/α-hetero) is 1. The molecule has 2 amide bonds. The topological polar surface area (TPSA) is 166 Å². The zero-order valence-electron chi connectivity index (χ0n) is 27.7. The van der Waals surface area contributed by atoms with Crippen LogP contribution in [0.4, 0.5) is 0 Å². The Morgan fingerprint density at radius 2 is 1.92 bits per heavy atom. The quantitative estimate of drug-likeness (QED) is 0.385. The Bertz CT molecular complexity index is 1920. The van der Waals surface area contributed by atoms with Crippen molar-refractivity contribution in [1.82, 2.24) is 24.0 Å². The van der Waals surface area contributed by atoms with Crippen molar-refractivity contribution < 1.29 is 27.5 Å². The summed E-state index contributed by atoms with van der Waals surface area (Å²) in [5, 5.41) is 0.762. The van der Waals surface area contributed by atoms with E-state index in [1.165, 1.54) is 4.90 Å². The highest BCUT2D eigenvalue weighted by molar-refractivity contribution is 7.91. The Balaban J connectivity index is 1.20. The molecule has 2 saturated carbocycles. The zero-order chi connectivity index (χ0) is 34.0. The van der Waals surface area contributed by atoms with Crippen LogP contribution in [0.3, 0.4) is 0 Å². The average Bonchev–Trinajstić information content (AvgIpc) is 3.83. The SMILES string of the molecule is CC1CC/C=C\[C@@H]2C[C@@]2(C(=O)NS(=O)(=O)C2(C)CC2)CC(=O)[C@@H]2C[C@@H](Oc3nc4nccn4c4ccccc34)CN2C(=O)[C@@H](N)[C@H](C)C1. The van der Waals surface area contributed by atoms with Gasteiger partial charge in [-0.25, -0.2) is 13.4 Å². The maximum absolute atomic E-state index is 14.3. The molecule has 2 aliphatic carbocycles. The first-order valence-electron chi connectivity index (χ1n) is 17.0. The maximum atomic E-state index is 14.3. The highest BCUT2D eigenvalue weighted by Crippen LogP contribution is 2.57. The number of ether oxygens (including phenoxy) is 1. The highest BCUT2D eigenvalue weighted by Gasteiger charge is 2.62. The van der Waals surface area contributed by atoms with Gasteiger partial charge in [0.15, 0.2) is 5.78 Å². The van der Waals surface area contributed by atoms with Gasteiger partial charge in [0.2, 0.25) is 33.5 Å². The summed E-state index contributed by atoms with van der Waals surface area (Å²) < 4.78 is 35.9. The molecule has 256 valence electrons. The van der Waals surface area contributed by atoms with E-state index in [1.54, 1.807) is 13.1 Å². The summed E-state index contributed by atoms with van der Waals surface area (Å²) in [5.74, 6) is -0.563. The molecule has 4 aliphatic rings. The molecule has 1 aromatic carbocycles. The van der Waals surface area contributed by atoms with Crippen LogP contribution in [-0.4, -0.2) is 74.8 Å². The van der Waals surface area contributed by atoms with E-state index in [-0.39, 0.29) is 42.9 Å². The fourth-order valence-corrected chi connectivity index (χ4v) is 8.92. The second-order valence-corrected chi connectivity index (χ2v) is 17.1. The van der Waals surface area contributed by atoms with E-state index in [0.29, 0.717) is 36.8 Å². The van der Waals surface area contributed by atoms with E-state index in [1.807, 2.05) is 53.9 Å². The van der Waals surface area contributed by atoms with Crippen LogP contribution in [0, 0.1) is 23.2 Å². The molecular formula is C35H44N6O6S. The number of aromatic nitrogens is 3. The number of nitrogens with two attached hydrogens (primary N) is 1. The number of nitrogens with zero attached hydrogens (tertiary/aromatic N) is 4. The van der Waals surface area contributed by atoms with Gasteiger partial charge in [0.1, 0.15) is 6.10 Å². The molecule has 13 heteroatoms. The first kappa shape index (κ1) is 32.7. The van der Waals surface area contributed by atoms with Crippen molar-refractivity contribution >= 4 is 44.3 Å². The molecule has 1 saturated heterocycles. The highest BCUT2D eigenvalue weighted by atomic mass is 32.2. The number of para-hydroxylation sites is 1. The second-order valence-electron chi connectivity index (χ2n) is 14.9. The summed E-state index contributed by atoms with van der Waals surface area (Å²) in [5.41, 5.74) is 6.26. The van der Waals surface area contributed by atoms with Crippen molar-refractivity contribution in [2.45, 2.75) is 95.1 Å². The molecule has 3 fully saturated rings. The lowest BCUT2D eigenvalue weighted by atomic mass is 9.88. The Morgan fingerprint density at radius 1 is 1.15 bits per heavy atom. The molecule has 2 aromatic heterocycles. The van der Waals surface area contributed by atoms with Gasteiger partial charge in [-0.1, -0.05) is 38.1 Å². The number of allylic oxidation sites excluding steroid dienone is 2. The van der Waals surface area contributed by atoms with E-state index < -0.39 is 44.3 Å². The first-order chi connectivity index (χ1) is 22.8. The number of sulfonamides is 1. The summed E-state index contributed by atoms with van der Waals surface area (Å²) in [6.07, 6.45) is 10.6. The van der Waals surface area contributed by atoms with Gasteiger partial charge in [-0.2, -0.15) is 4.98 Å². The zero-order valence-corrected chi connectivity index (χ0v) is 28.5. The van der Waals surface area contributed by atoms with Crippen LogP contribution in [0.1, 0.15) is 72.1 Å². The minimum absolute atomic E-state index is 0.120. The predicted octanol–water partition coefficient (Wildman–Crippen LogP) is 3.53. The third-order valence-corrected chi connectivity index (χ3v) is 13.3. The van der Waals surface area contributed by atoms with Gasteiger partial charge in [0.25, 0.3) is 0 Å². The number of ketones is 1. The van der Waals surface area contributed by atoms with Gasteiger partial charge < -0.3 is 15.4 Å². The van der Waals surface area contributed by atoms with Crippen LogP contribution in [0.25, 0.3) is 16.7 Å². The molecule has 3 aromatic rings. The first-order valence-corrected chi connectivity index (χ1v) is 18.5. The number of hydrogen-bond acceptors (Lipinski definition) is 9. The predicted molar refractivity (Wildman–Crippen MR) is 179 cm³/mol. The molecule has 3 N–H and O–H groups in total. The number of carbonyl (C=O) groups excluding carboxylic acids is 3. The van der Waals surface area contributed by atoms with Crippen LogP contribution in [-0.2, 0) is 24.4 Å². The number of benzene rings is 1. The van der Waals surface area contributed by atoms with Crippen molar-refractivity contribution in [2.75, 3.05) is 6.54 Å². The van der Waals surface area contributed by atoms with E-state index in [4.69, 9.17) is 10.5 Å². The van der Waals surface area contributed by atoms with E-state index in [9.17, 15) is 22.8 Å². The van der Waals surface area contributed by atoms with Gasteiger partial charge in [0.05, 0.1) is 39.7 Å². The third kappa shape index (κ3) is 5.78. The van der Waals surface area contributed by atoms with Gasteiger partial charge in [-0.05, 0) is 75.3 Å². The third-order valence-electron chi connectivity index (χ3n) is 11.2. The van der Waals surface area contributed by atoms with Crippen LogP contribution >= 0.6 is 0 Å².